The van der Waals surface area contributed by atoms with Crippen LogP contribution in [-0.4, -0.2) is 23.6 Å². The van der Waals surface area contributed by atoms with Crippen molar-refractivity contribution in [2.45, 2.75) is 77.9 Å². The molecule has 0 radical (unpaired) electrons. The molecule has 0 saturated heterocycles. The summed E-state index contributed by atoms with van der Waals surface area (Å²) in [5.74, 6) is 2.61. The van der Waals surface area contributed by atoms with E-state index < -0.39 is 6.61 Å². The van der Waals surface area contributed by atoms with Gasteiger partial charge in [0.2, 0.25) is 0 Å². The molecule has 7 atom stereocenters. The summed E-state index contributed by atoms with van der Waals surface area (Å²) in [6, 6.07) is 6.54. The van der Waals surface area contributed by atoms with Gasteiger partial charge in [-0.2, -0.15) is 8.78 Å². The van der Waals surface area contributed by atoms with E-state index in [9.17, 15) is 18.7 Å². The Balaban J connectivity index is 1.38. The Morgan fingerprint density at radius 3 is 2.53 bits per heavy atom. The lowest BCUT2D eigenvalue weighted by molar-refractivity contribution is -0.141. The van der Waals surface area contributed by atoms with Crippen LogP contribution in [0.15, 0.2) is 29.8 Å². The van der Waals surface area contributed by atoms with Crippen molar-refractivity contribution < 1.29 is 23.4 Å². The van der Waals surface area contributed by atoms with Gasteiger partial charge in [-0.1, -0.05) is 26.0 Å². The van der Waals surface area contributed by atoms with Gasteiger partial charge in [-0.3, -0.25) is 4.79 Å². The molecule has 174 valence electrons. The number of allylic oxidation sites excluding steroid dienone is 1. The Bertz CT molecular complexity index is 910. The lowest BCUT2D eigenvalue weighted by Crippen LogP contribution is -2.54. The van der Waals surface area contributed by atoms with Crippen molar-refractivity contribution in [2.24, 2.45) is 34.5 Å². The molecule has 3 nitrogen and oxygen atoms in total. The summed E-state index contributed by atoms with van der Waals surface area (Å²) >= 11 is 0. The van der Waals surface area contributed by atoms with Gasteiger partial charge in [0.1, 0.15) is 5.75 Å². The van der Waals surface area contributed by atoms with Crippen molar-refractivity contribution in [1.29, 1.82) is 0 Å². The molecule has 0 amide bonds. The van der Waals surface area contributed by atoms with Crippen molar-refractivity contribution in [3.63, 3.8) is 0 Å². The number of hydrogen-bond acceptors (Lipinski definition) is 3. The molecule has 4 saturated carbocycles. The second-order valence-electron chi connectivity index (χ2n) is 11.2. The van der Waals surface area contributed by atoms with E-state index in [-0.39, 0.29) is 23.1 Å². The Hall–Kier alpha value is -1.75. The second kappa shape index (κ2) is 7.93. The number of carbonyl (C=O) groups is 1. The predicted molar refractivity (Wildman–Crippen MR) is 119 cm³/mol. The van der Waals surface area contributed by atoms with Crippen molar-refractivity contribution in [3.05, 3.63) is 35.4 Å². The fourth-order valence-electron chi connectivity index (χ4n) is 7.98. The quantitative estimate of drug-likeness (QED) is 0.560. The minimum Gasteiger partial charge on any atom is -0.435 e. The molecule has 4 fully saturated rings. The number of halogens is 2. The first-order valence-electron chi connectivity index (χ1n) is 12.2. The molecule has 5 heteroatoms. The number of alkyl halides is 2. The molecule has 0 spiro atoms. The van der Waals surface area contributed by atoms with Gasteiger partial charge in [0.05, 0.1) is 6.10 Å². The summed E-state index contributed by atoms with van der Waals surface area (Å²) < 4.78 is 29.2. The van der Waals surface area contributed by atoms with Crippen molar-refractivity contribution >= 4 is 11.9 Å². The van der Waals surface area contributed by atoms with Crippen LogP contribution in [0.5, 0.6) is 5.75 Å². The topological polar surface area (TPSA) is 46.5 Å². The lowest BCUT2D eigenvalue weighted by atomic mass is 9.45. The van der Waals surface area contributed by atoms with Crippen LogP contribution in [-0.2, 0) is 4.79 Å². The van der Waals surface area contributed by atoms with Gasteiger partial charge in [-0.25, -0.2) is 0 Å². The van der Waals surface area contributed by atoms with Crippen molar-refractivity contribution in [1.82, 2.24) is 0 Å². The van der Waals surface area contributed by atoms with Gasteiger partial charge >= 0.3 is 6.61 Å². The van der Waals surface area contributed by atoms with E-state index >= 15 is 0 Å². The summed E-state index contributed by atoms with van der Waals surface area (Å²) in [5.41, 5.74) is 1.74. The van der Waals surface area contributed by atoms with Crippen LogP contribution in [0.25, 0.3) is 6.08 Å². The number of ether oxygens (including phenoxy) is 1. The number of Topliss-reactive ketones (excluding diaryl/α,β-unsaturated/α-hetero) is 1. The molecule has 0 unspecified atom stereocenters. The standard InChI is InChI=1S/C27H34F2O3/c1-26-11-9-19(30)15-18(26)5-8-21-22(26)10-12-27(2)23(21)14-17(24(27)31)13-16-3-6-20(7-4-16)32-25(28)29/h3-4,6-7,13,18-19,21-23,25,30H,5,8-12,14-15H2,1-2H3/b17-13+/t18-,19+,21-,22+,23+,26+,27+/m1/s1. The Morgan fingerprint density at radius 2 is 1.81 bits per heavy atom. The number of rotatable bonds is 3. The highest BCUT2D eigenvalue weighted by molar-refractivity contribution is 6.05. The van der Waals surface area contributed by atoms with E-state index in [4.69, 9.17) is 0 Å². The zero-order valence-corrected chi connectivity index (χ0v) is 19.0. The van der Waals surface area contributed by atoms with E-state index in [1.807, 2.05) is 6.08 Å². The maximum absolute atomic E-state index is 13.5. The number of ketones is 1. The van der Waals surface area contributed by atoms with Crippen LogP contribution in [0.4, 0.5) is 8.78 Å². The molecular formula is C27H34F2O3. The monoisotopic (exact) mass is 444 g/mol. The number of hydrogen-bond donors (Lipinski definition) is 1. The minimum atomic E-state index is -2.84. The SMILES string of the molecule is C[C@]12CC[C@H](O)C[C@H]1CC[C@@H]1[C@@H]2CC[C@]2(C)C(=O)/C(=C/c3ccc(OC(F)F)cc3)C[C@@H]12. The van der Waals surface area contributed by atoms with Gasteiger partial charge in [0, 0.05) is 5.41 Å². The molecule has 32 heavy (non-hydrogen) atoms. The predicted octanol–water partition coefficient (Wildman–Crippen LogP) is 6.25. The molecule has 1 N–H and O–H groups in total. The maximum atomic E-state index is 13.5. The summed E-state index contributed by atoms with van der Waals surface area (Å²) in [5, 5.41) is 10.2. The molecule has 1 aromatic carbocycles. The number of benzene rings is 1. The van der Waals surface area contributed by atoms with E-state index in [2.05, 4.69) is 18.6 Å². The zero-order chi connectivity index (χ0) is 22.7. The van der Waals surface area contributed by atoms with E-state index in [1.165, 1.54) is 18.6 Å². The summed E-state index contributed by atoms with van der Waals surface area (Å²) in [6.07, 6.45) is 9.97. The van der Waals surface area contributed by atoms with Gasteiger partial charge in [-0.05, 0) is 110 Å². The third kappa shape index (κ3) is 3.52. The lowest BCUT2D eigenvalue weighted by Gasteiger charge is -2.59. The van der Waals surface area contributed by atoms with Crippen molar-refractivity contribution in [3.8, 4) is 5.75 Å². The van der Waals surface area contributed by atoms with Crippen LogP contribution in [0.1, 0.15) is 70.8 Å². The molecule has 0 aromatic heterocycles. The van der Waals surface area contributed by atoms with E-state index in [0.29, 0.717) is 29.1 Å². The highest BCUT2D eigenvalue weighted by Gasteiger charge is 2.61. The number of aliphatic hydroxyl groups is 1. The first kappa shape index (κ1) is 22.1. The van der Waals surface area contributed by atoms with Gasteiger partial charge < -0.3 is 9.84 Å². The Kier molecular flexibility index (Phi) is 5.47. The molecule has 0 aliphatic heterocycles. The summed E-state index contributed by atoms with van der Waals surface area (Å²) in [7, 11) is 0. The summed E-state index contributed by atoms with van der Waals surface area (Å²) in [4.78, 5) is 13.5. The van der Waals surface area contributed by atoms with Crippen LogP contribution < -0.4 is 4.74 Å². The minimum absolute atomic E-state index is 0.131. The third-order valence-corrected chi connectivity index (χ3v) is 9.72. The number of carbonyl (C=O) groups excluding carboxylic acids is 1. The first-order chi connectivity index (χ1) is 15.2. The Labute approximate surface area is 189 Å². The third-order valence-electron chi connectivity index (χ3n) is 9.72. The first-order valence-corrected chi connectivity index (χ1v) is 12.2. The highest BCUT2D eigenvalue weighted by Crippen LogP contribution is 2.66. The fourth-order valence-corrected chi connectivity index (χ4v) is 7.98. The maximum Gasteiger partial charge on any atom is 0.387 e. The largest absolute Gasteiger partial charge is 0.435 e. The summed E-state index contributed by atoms with van der Waals surface area (Å²) in [6.45, 7) is 1.80. The smallest absolute Gasteiger partial charge is 0.387 e. The molecule has 0 heterocycles. The normalized spacial score (nSPS) is 42.5. The molecule has 0 bridgehead atoms. The average molecular weight is 445 g/mol. The zero-order valence-electron chi connectivity index (χ0n) is 19.0. The number of aliphatic hydroxyl groups excluding tert-OH is 1. The van der Waals surface area contributed by atoms with Gasteiger partial charge in [-0.15, -0.1) is 0 Å². The fraction of sp³-hybridized carbons (Fsp3) is 0.667. The highest BCUT2D eigenvalue weighted by atomic mass is 19.3. The molecule has 1 aromatic rings. The Morgan fingerprint density at radius 1 is 1.06 bits per heavy atom. The molecule has 4 aliphatic carbocycles. The van der Waals surface area contributed by atoms with Crippen LogP contribution in [0, 0.1) is 34.5 Å². The molecule has 4 aliphatic rings. The molecule has 5 rings (SSSR count). The van der Waals surface area contributed by atoms with Gasteiger partial charge in [0.25, 0.3) is 0 Å². The van der Waals surface area contributed by atoms with Crippen molar-refractivity contribution in [2.75, 3.05) is 0 Å². The van der Waals surface area contributed by atoms with E-state index in [0.717, 1.165) is 56.1 Å². The number of fused-ring (bicyclic) bond motifs is 5. The average Bonchev–Trinajstić information content (AvgIpc) is 3.00. The van der Waals surface area contributed by atoms with Crippen LogP contribution in [0.3, 0.4) is 0 Å². The molecular weight excluding hydrogens is 410 g/mol. The second-order valence-corrected chi connectivity index (χ2v) is 11.2. The van der Waals surface area contributed by atoms with E-state index in [1.54, 1.807) is 12.1 Å². The van der Waals surface area contributed by atoms with Gasteiger partial charge in [0.15, 0.2) is 5.78 Å². The van der Waals surface area contributed by atoms with Crippen LogP contribution >= 0.6 is 0 Å². The van der Waals surface area contributed by atoms with Crippen LogP contribution in [0.2, 0.25) is 0 Å².